The summed E-state index contributed by atoms with van der Waals surface area (Å²) in [5, 5.41) is 6.32. The number of halogens is 1. The highest BCUT2D eigenvalue weighted by atomic mass is 35.5. The molecule has 1 aliphatic carbocycles. The van der Waals surface area contributed by atoms with Gasteiger partial charge in [0.05, 0.1) is 5.56 Å². The van der Waals surface area contributed by atoms with E-state index in [1.54, 1.807) is 0 Å². The normalized spacial score (nSPS) is 15.3. The number of hydrogen-bond acceptors (Lipinski definition) is 4. The van der Waals surface area contributed by atoms with Gasteiger partial charge in [0.15, 0.2) is 0 Å². The molecule has 1 aromatic rings. The topological polar surface area (TPSA) is 97.1 Å². The number of primary amides is 1. The summed E-state index contributed by atoms with van der Waals surface area (Å²) < 4.78 is 0. The predicted octanol–water partition coefficient (Wildman–Crippen LogP) is 1.64. The maximum atomic E-state index is 11.9. The highest BCUT2D eigenvalue weighted by molar-refractivity contribution is 5.95. The number of carbonyl (C=O) groups excluding carboxylic acids is 2. The zero-order valence-electron chi connectivity index (χ0n) is 13.2. The molecule has 128 valence electrons. The highest BCUT2D eigenvalue weighted by Crippen LogP contribution is 2.16. The molecule has 0 unspecified atom stereocenters. The Balaban J connectivity index is 0.00000264. The predicted molar refractivity (Wildman–Crippen MR) is 91.8 cm³/mol. The molecule has 0 bridgehead atoms. The minimum Gasteiger partial charge on any atom is -0.366 e. The van der Waals surface area contributed by atoms with Gasteiger partial charge in [0.2, 0.25) is 5.91 Å². The van der Waals surface area contributed by atoms with Crippen LogP contribution in [0.5, 0.6) is 0 Å². The molecule has 2 rings (SSSR count). The van der Waals surface area contributed by atoms with E-state index in [1.807, 2.05) is 0 Å². The van der Waals surface area contributed by atoms with Crippen molar-refractivity contribution in [2.75, 3.05) is 13.1 Å². The largest absolute Gasteiger partial charge is 0.366 e. The third-order valence-electron chi connectivity index (χ3n) is 3.98. The third-order valence-corrected chi connectivity index (χ3v) is 3.98. The molecule has 0 aromatic carbocycles. The van der Waals surface area contributed by atoms with Crippen LogP contribution in [0.3, 0.4) is 0 Å². The second kappa shape index (κ2) is 10.2. The molecule has 0 atom stereocenters. The molecule has 0 saturated heterocycles. The fraction of sp³-hybridized carbons (Fsp3) is 0.562. The van der Waals surface area contributed by atoms with Gasteiger partial charge in [-0.15, -0.1) is 12.4 Å². The first kappa shape index (κ1) is 19.4. The van der Waals surface area contributed by atoms with Gasteiger partial charge in [0.25, 0.3) is 5.91 Å². The maximum absolute atomic E-state index is 11.9. The molecule has 2 amide bonds. The fourth-order valence-electron chi connectivity index (χ4n) is 2.70. The van der Waals surface area contributed by atoms with E-state index < -0.39 is 5.91 Å². The molecule has 1 fully saturated rings. The number of aromatic nitrogens is 1. The Labute approximate surface area is 143 Å². The number of carbonyl (C=O) groups is 2. The Hall–Kier alpha value is -1.66. The van der Waals surface area contributed by atoms with Crippen LogP contribution in [0.15, 0.2) is 18.3 Å². The second-order valence-corrected chi connectivity index (χ2v) is 5.69. The van der Waals surface area contributed by atoms with Crippen LogP contribution in [-0.4, -0.2) is 35.9 Å². The van der Waals surface area contributed by atoms with Gasteiger partial charge in [-0.3, -0.25) is 14.6 Å². The van der Waals surface area contributed by atoms with Crippen LogP contribution >= 0.6 is 12.4 Å². The molecule has 23 heavy (non-hydrogen) atoms. The lowest BCUT2D eigenvalue weighted by Crippen LogP contribution is -2.37. The number of nitrogens with one attached hydrogen (secondary N) is 2. The fourth-order valence-corrected chi connectivity index (χ4v) is 2.70. The summed E-state index contributed by atoms with van der Waals surface area (Å²) in [7, 11) is 0. The monoisotopic (exact) mass is 340 g/mol. The van der Waals surface area contributed by atoms with E-state index >= 15 is 0 Å². The van der Waals surface area contributed by atoms with E-state index in [0.717, 1.165) is 6.54 Å². The average Bonchev–Trinajstić information content (AvgIpc) is 2.80. The lowest BCUT2D eigenvalue weighted by atomic mass is 10.1. The summed E-state index contributed by atoms with van der Waals surface area (Å²) in [5.41, 5.74) is 5.72. The van der Waals surface area contributed by atoms with Crippen molar-refractivity contribution in [1.29, 1.82) is 0 Å². The van der Waals surface area contributed by atoms with Gasteiger partial charge in [0, 0.05) is 25.3 Å². The van der Waals surface area contributed by atoms with Crippen molar-refractivity contribution in [3.05, 3.63) is 29.6 Å². The van der Waals surface area contributed by atoms with E-state index in [2.05, 4.69) is 15.6 Å². The molecule has 4 N–H and O–H groups in total. The number of pyridine rings is 1. The Kier molecular flexibility index (Phi) is 8.58. The summed E-state index contributed by atoms with van der Waals surface area (Å²) >= 11 is 0. The van der Waals surface area contributed by atoms with E-state index in [9.17, 15) is 9.59 Å². The van der Waals surface area contributed by atoms with E-state index in [0.29, 0.717) is 23.8 Å². The Bertz CT molecular complexity index is 499. The average molecular weight is 341 g/mol. The first-order valence-corrected chi connectivity index (χ1v) is 7.94. The Morgan fingerprint density at radius 3 is 2.39 bits per heavy atom. The van der Waals surface area contributed by atoms with Crippen LogP contribution in [-0.2, 0) is 0 Å². The van der Waals surface area contributed by atoms with Crippen molar-refractivity contribution in [2.24, 2.45) is 5.73 Å². The summed E-state index contributed by atoms with van der Waals surface area (Å²) in [5.74, 6) is -0.786. The number of hydrogen-bond donors (Lipinski definition) is 3. The van der Waals surface area contributed by atoms with Crippen LogP contribution in [0.1, 0.15) is 59.4 Å². The summed E-state index contributed by atoms with van der Waals surface area (Å²) in [4.78, 5) is 26.8. The van der Waals surface area contributed by atoms with Crippen molar-refractivity contribution in [1.82, 2.24) is 15.6 Å². The summed E-state index contributed by atoms with van der Waals surface area (Å²) in [6, 6.07) is 3.59. The molecule has 1 heterocycles. The first-order chi connectivity index (χ1) is 10.7. The van der Waals surface area contributed by atoms with Crippen molar-refractivity contribution in [2.45, 2.75) is 44.6 Å². The molecule has 1 saturated carbocycles. The van der Waals surface area contributed by atoms with Crippen molar-refractivity contribution >= 4 is 24.2 Å². The quantitative estimate of drug-likeness (QED) is 0.541. The van der Waals surface area contributed by atoms with Crippen LogP contribution < -0.4 is 16.4 Å². The van der Waals surface area contributed by atoms with Crippen LogP contribution in [0.2, 0.25) is 0 Å². The van der Waals surface area contributed by atoms with Gasteiger partial charge in [-0.05, 0) is 25.0 Å². The van der Waals surface area contributed by atoms with E-state index in [1.165, 1.54) is 56.9 Å². The van der Waals surface area contributed by atoms with Gasteiger partial charge in [-0.2, -0.15) is 0 Å². The lowest BCUT2D eigenvalue weighted by molar-refractivity contribution is 0.0945. The maximum Gasteiger partial charge on any atom is 0.269 e. The smallest absolute Gasteiger partial charge is 0.269 e. The van der Waals surface area contributed by atoms with Gasteiger partial charge in [-0.25, -0.2) is 0 Å². The Morgan fingerprint density at radius 2 is 1.83 bits per heavy atom. The van der Waals surface area contributed by atoms with Gasteiger partial charge < -0.3 is 16.4 Å². The molecule has 1 aromatic heterocycles. The number of nitrogens with two attached hydrogens (primary N) is 1. The van der Waals surface area contributed by atoms with Crippen LogP contribution in [0, 0.1) is 0 Å². The van der Waals surface area contributed by atoms with Crippen molar-refractivity contribution in [3.8, 4) is 0 Å². The second-order valence-electron chi connectivity index (χ2n) is 5.69. The van der Waals surface area contributed by atoms with E-state index in [-0.39, 0.29) is 18.3 Å². The SMILES string of the molecule is Cl.NC(=O)c1ccc(C(=O)NCCNC2CCCCCC2)nc1. The van der Waals surface area contributed by atoms with E-state index in [4.69, 9.17) is 5.73 Å². The number of nitrogens with zero attached hydrogens (tertiary/aromatic N) is 1. The third kappa shape index (κ3) is 6.54. The highest BCUT2D eigenvalue weighted by Gasteiger charge is 2.12. The molecule has 0 radical (unpaired) electrons. The molecular formula is C16H25ClN4O2. The zero-order valence-corrected chi connectivity index (χ0v) is 14.0. The van der Waals surface area contributed by atoms with Crippen molar-refractivity contribution in [3.63, 3.8) is 0 Å². The molecule has 7 heteroatoms. The van der Waals surface area contributed by atoms with Gasteiger partial charge >= 0.3 is 0 Å². The lowest BCUT2D eigenvalue weighted by Gasteiger charge is -2.16. The minimum atomic E-state index is -0.549. The van der Waals surface area contributed by atoms with Gasteiger partial charge in [-0.1, -0.05) is 25.7 Å². The van der Waals surface area contributed by atoms with Crippen LogP contribution in [0.25, 0.3) is 0 Å². The molecule has 0 aliphatic heterocycles. The van der Waals surface area contributed by atoms with Gasteiger partial charge in [0.1, 0.15) is 5.69 Å². The summed E-state index contributed by atoms with van der Waals surface area (Å²) in [6.45, 7) is 1.32. The first-order valence-electron chi connectivity index (χ1n) is 7.94. The minimum absolute atomic E-state index is 0. The van der Waals surface area contributed by atoms with Crippen molar-refractivity contribution < 1.29 is 9.59 Å². The number of amides is 2. The molecule has 6 nitrogen and oxygen atoms in total. The molecule has 0 spiro atoms. The summed E-state index contributed by atoms with van der Waals surface area (Å²) in [6.07, 6.45) is 9.03. The standard InChI is InChI=1S/C16H24N4O2.ClH/c17-15(21)12-7-8-14(20-11-12)16(22)19-10-9-18-13-5-3-1-2-4-6-13;/h7-8,11,13,18H,1-6,9-10H2,(H2,17,21)(H,19,22);1H. The van der Waals surface area contributed by atoms with Crippen LogP contribution in [0.4, 0.5) is 0 Å². The molecular weight excluding hydrogens is 316 g/mol. The Morgan fingerprint density at radius 1 is 1.13 bits per heavy atom. The number of rotatable bonds is 6. The molecule has 1 aliphatic rings. The zero-order chi connectivity index (χ0) is 15.8.